The zero-order valence-electron chi connectivity index (χ0n) is 12.9. The summed E-state index contributed by atoms with van der Waals surface area (Å²) >= 11 is 0. The quantitative estimate of drug-likeness (QED) is 0.529. The van der Waals surface area contributed by atoms with E-state index >= 15 is 0 Å². The lowest BCUT2D eigenvalue weighted by Crippen LogP contribution is -2.36. The molecule has 0 bridgehead atoms. The van der Waals surface area contributed by atoms with Gasteiger partial charge in [-0.05, 0) is 24.6 Å². The molecule has 0 spiro atoms. The van der Waals surface area contributed by atoms with Gasteiger partial charge in [-0.1, -0.05) is 6.07 Å². The number of aromatic amines is 1. The summed E-state index contributed by atoms with van der Waals surface area (Å²) in [6.07, 6.45) is 0.952. The summed E-state index contributed by atoms with van der Waals surface area (Å²) in [5, 5.41) is 1.04. The Hall–Kier alpha value is -1.81. The maximum absolute atomic E-state index is 11.3. The number of ether oxygens (including phenoxy) is 1. The fraction of sp³-hybridized carbons (Fsp3) is 0.438. The van der Waals surface area contributed by atoms with E-state index in [0.29, 0.717) is 5.75 Å². The molecule has 0 atom stereocenters. The number of nitrogens with one attached hydrogen (secondary N) is 1. The minimum Gasteiger partial charge on any atom is -0.426 e. The Morgan fingerprint density at radius 1 is 1.30 bits per heavy atom. The molecule has 0 unspecified atom stereocenters. The van der Waals surface area contributed by atoms with Crippen molar-refractivity contribution in [3.63, 3.8) is 0 Å². The van der Waals surface area contributed by atoms with E-state index in [1.807, 2.05) is 18.2 Å². The molecule has 0 aliphatic rings. The third-order valence-electron chi connectivity index (χ3n) is 3.39. The molecule has 1 aromatic heterocycles. The van der Waals surface area contributed by atoms with Crippen LogP contribution in [0.5, 0.6) is 5.75 Å². The monoisotopic (exact) mass is 275 g/mol. The zero-order chi connectivity index (χ0) is 14.9. The van der Waals surface area contributed by atoms with Crippen LogP contribution in [-0.2, 0) is 11.2 Å². The van der Waals surface area contributed by atoms with Crippen LogP contribution in [0.2, 0.25) is 0 Å². The number of rotatable bonds is 4. The molecule has 0 radical (unpaired) electrons. The van der Waals surface area contributed by atoms with Crippen molar-refractivity contribution < 1.29 is 14.0 Å². The summed E-state index contributed by atoms with van der Waals surface area (Å²) in [4.78, 5) is 14.6. The Labute approximate surface area is 119 Å². The number of carbonyl (C=O) groups is 1. The first-order chi connectivity index (χ1) is 9.28. The van der Waals surface area contributed by atoms with E-state index in [0.717, 1.165) is 34.0 Å². The van der Waals surface area contributed by atoms with Gasteiger partial charge in [0, 0.05) is 29.9 Å². The van der Waals surface area contributed by atoms with Gasteiger partial charge in [-0.25, -0.2) is 0 Å². The second-order valence-corrected chi connectivity index (χ2v) is 6.26. The van der Waals surface area contributed by atoms with Gasteiger partial charge in [0.2, 0.25) is 0 Å². The summed E-state index contributed by atoms with van der Waals surface area (Å²) < 4.78 is 6.25. The van der Waals surface area contributed by atoms with E-state index in [-0.39, 0.29) is 5.97 Å². The molecule has 0 amide bonds. The Bertz CT molecular complexity index is 636. The smallest absolute Gasteiger partial charge is 0.308 e. The van der Waals surface area contributed by atoms with Crippen LogP contribution in [0.4, 0.5) is 0 Å². The van der Waals surface area contributed by atoms with Crippen LogP contribution < -0.4 is 4.74 Å². The molecule has 0 aliphatic carbocycles. The molecule has 1 aromatic carbocycles. The van der Waals surface area contributed by atoms with Crippen molar-refractivity contribution in [3.8, 4) is 5.75 Å². The molecule has 0 saturated carbocycles. The molecule has 0 saturated heterocycles. The topological polar surface area (TPSA) is 42.1 Å². The lowest BCUT2D eigenvalue weighted by Gasteiger charge is -2.23. The van der Waals surface area contributed by atoms with E-state index < -0.39 is 0 Å². The van der Waals surface area contributed by atoms with Crippen LogP contribution in [0, 0.1) is 6.92 Å². The van der Waals surface area contributed by atoms with Crippen LogP contribution >= 0.6 is 0 Å². The number of aromatic nitrogens is 1. The molecule has 1 heterocycles. The van der Waals surface area contributed by atoms with Crippen molar-refractivity contribution in [3.05, 3.63) is 29.5 Å². The highest BCUT2D eigenvalue weighted by atomic mass is 16.5. The van der Waals surface area contributed by atoms with E-state index in [1.54, 1.807) is 0 Å². The third-order valence-corrected chi connectivity index (χ3v) is 3.39. The average molecular weight is 275 g/mol. The number of quaternary nitrogens is 1. The number of fused-ring (bicyclic) bond motifs is 1. The van der Waals surface area contributed by atoms with Crippen LogP contribution in [0.15, 0.2) is 18.2 Å². The maximum atomic E-state index is 11.3. The van der Waals surface area contributed by atoms with Crippen LogP contribution in [0.25, 0.3) is 10.9 Å². The molecule has 4 nitrogen and oxygen atoms in total. The van der Waals surface area contributed by atoms with Crippen molar-refractivity contribution in [1.29, 1.82) is 0 Å². The standard InChI is InChI=1S/C16H23N2O2/c1-11-13(9-10-18(3,4)5)16-14(17-11)7-6-8-15(16)20-12(2)19/h6-8,17H,9-10H2,1-5H3/q+1. The van der Waals surface area contributed by atoms with E-state index in [4.69, 9.17) is 4.74 Å². The molecule has 0 aliphatic heterocycles. The summed E-state index contributed by atoms with van der Waals surface area (Å²) in [5.74, 6) is 0.365. The normalized spacial score (nSPS) is 11.8. The van der Waals surface area contributed by atoms with Crippen molar-refractivity contribution in [1.82, 2.24) is 4.98 Å². The first kappa shape index (κ1) is 14.6. The number of hydrogen-bond acceptors (Lipinski definition) is 2. The molecule has 108 valence electrons. The van der Waals surface area contributed by atoms with E-state index in [1.165, 1.54) is 12.5 Å². The van der Waals surface area contributed by atoms with Gasteiger partial charge >= 0.3 is 5.97 Å². The molecular formula is C16H23N2O2+. The highest BCUT2D eigenvalue weighted by Crippen LogP contribution is 2.31. The summed E-state index contributed by atoms with van der Waals surface area (Å²) in [7, 11) is 6.53. The Kier molecular flexibility index (Phi) is 3.86. The van der Waals surface area contributed by atoms with Crippen LogP contribution in [0.1, 0.15) is 18.2 Å². The van der Waals surface area contributed by atoms with Crippen molar-refractivity contribution >= 4 is 16.9 Å². The highest BCUT2D eigenvalue weighted by Gasteiger charge is 2.17. The molecule has 2 rings (SSSR count). The zero-order valence-corrected chi connectivity index (χ0v) is 12.9. The maximum Gasteiger partial charge on any atom is 0.308 e. The molecule has 0 fully saturated rings. The molecular weight excluding hydrogens is 252 g/mol. The number of aryl methyl sites for hydroxylation is 1. The van der Waals surface area contributed by atoms with Gasteiger partial charge in [0.25, 0.3) is 0 Å². The van der Waals surface area contributed by atoms with Crippen molar-refractivity contribution in [2.24, 2.45) is 0 Å². The van der Waals surface area contributed by atoms with E-state index in [2.05, 4.69) is 33.1 Å². The van der Waals surface area contributed by atoms with Crippen molar-refractivity contribution in [2.75, 3.05) is 27.7 Å². The number of H-pyrrole nitrogens is 1. The number of hydrogen-bond donors (Lipinski definition) is 1. The molecule has 1 N–H and O–H groups in total. The number of benzene rings is 1. The van der Waals surface area contributed by atoms with Gasteiger partial charge in [0.1, 0.15) is 5.75 Å². The van der Waals surface area contributed by atoms with Gasteiger partial charge in [-0.15, -0.1) is 0 Å². The summed E-state index contributed by atoms with van der Waals surface area (Å²) in [6, 6.07) is 5.78. The third kappa shape index (κ3) is 3.20. The van der Waals surface area contributed by atoms with Crippen LogP contribution in [-0.4, -0.2) is 43.1 Å². The SMILES string of the molecule is CC(=O)Oc1cccc2[nH]c(C)c(CC[N+](C)(C)C)c12. The summed E-state index contributed by atoms with van der Waals surface area (Å²) in [5.41, 5.74) is 3.41. The van der Waals surface area contributed by atoms with Gasteiger partial charge in [-0.2, -0.15) is 0 Å². The minimum absolute atomic E-state index is 0.283. The van der Waals surface area contributed by atoms with Gasteiger partial charge < -0.3 is 14.2 Å². The molecule has 20 heavy (non-hydrogen) atoms. The Balaban J connectivity index is 2.47. The van der Waals surface area contributed by atoms with Crippen LogP contribution in [0.3, 0.4) is 0 Å². The second kappa shape index (κ2) is 5.29. The Morgan fingerprint density at radius 3 is 2.60 bits per heavy atom. The highest BCUT2D eigenvalue weighted by molar-refractivity contribution is 5.92. The number of carbonyl (C=O) groups excluding carboxylic acids is 1. The fourth-order valence-electron chi connectivity index (χ4n) is 2.41. The predicted molar refractivity (Wildman–Crippen MR) is 80.9 cm³/mol. The summed E-state index contributed by atoms with van der Waals surface area (Å²) in [6.45, 7) is 4.54. The minimum atomic E-state index is -0.283. The first-order valence-corrected chi connectivity index (χ1v) is 6.87. The number of likely N-dealkylation sites (N-methyl/N-ethyl adjacent to an activating group) is 1. The first-order valence-electron chi connectivity index (χ1n) is 6.87. The van der Waals surface area contributed by atoms with Gasteiger partial charge in [0.05, 0.1) is 27.7 Å². The molecule has 4 heteroatoms. The van der Waals surface area contributed by atoms with Gasteiger partial charge in [0.15, 0.2) is 0 Å². The average Bonchev–Trinajstić information content (AvgIpc) is 2.61. The number of esters is 1. The predicted octanol–water partition coefficient (Wildman–Crippen LogP) is 2.65. The Morgan fingerprint density at radius 2 is 2.00 bits per heavy atom. The molecule has 2 aromatic rings. The largest absolute Gasteiger partial charge is 0.426 e. The van der Waals surface area contributed by atoms with Crippen molar-refractivity contribution in [2.45, 2.75) is 20.3 Å². The number of nitrogens with zero attached hydrogens (tertiary/aromatic N) is 1. The lowest BCUT2D eigenvalue weighted by molar-refractivity contribution is -0.870. The van der Waals surface area contributed by atoms with Gasteiger partial charge in [-0.3, -0.25) is 4.79 Å². The second-order valence-electron chi connectivity index (χ2n) is 6.26. The fourth-order valence-corrected chi connectivity index (χ4v) is 2.41. The lowest BCUT2D eigenvalue weighted by atomic mass is 10.1. The van der Waals surface area contributed by atoms with E-state index in [9.17, 15) is 4.79 Å².